The van der Waals surface area contributed by atoms with Crippen LogP contribution in [0.5, 0.6) is 11.5 Å². The standard InChI is InChI=1S/C20H29N5O3.HI/c1-4-27-18-6-5-16(13-19(18)26-3)14-22-20(21-2)25-10-8-24(9-11-25)15-17-7-12-28-23-17;/h5-7,12-13H,4,8-11,14-15H2,1-3H3,(H,21,22);1H. The van der Waals surface area contributed by atoms with Crippen LogP contribution in [0.3, 0.4) is 0 Å². The normalized spacial score (nSPS) is 15.0. The summed E-state index contributed by atoms with van der Waals surface area (Å²) in [6.07, 6.45) is 1.62. The first-order valence-corrected chi connectivity index (χ1v) is 9.60. The summed E-state index contributed by atoms with van der Waals surface area (Å²) >= 11 is 0. The zero-order valence-electron chi connectivity index (χ0n) is 17.3. The van der Waals surface area contributed by atoms with E-state index in [9.17, 15) is 0 Å². The van der Waals surface area contributed by atoms with Gasteiger partial charge < -0.3 is 24.2 Å². The first kappa shape index (κ1) is 23.3. The van der Waals surface area contributed by atoms with Gasteiger partial charge >= 0.3 is 0 Å². The van der Waals surface area contributed by atoms with Crippen molar-refractivity contribution in [2.45, 2.75) is 20.0 Å². The second-order valence-electron chi connectivity index (χ2n) is 6.57. The Hall–Kier alpha value is -2.01. The van der Waals surface area contributed by atoms with Crippen LogP contribution in [-0.2, 0) is 13.1 Å². The summed E-state index contributed by atoms with van der Waals surface area (Å²) in [5, 5.41) is 7.44. The van der Waals surface area contributed by atoms with Crippen molar-refractivity contribution in [2.24, 2.45) is 4.99 Å². The molecule has 1 fully saturated rings. The van der Waals surface area contributed by atoms with Gasteiger partial charge in [0.15, 0.2) is 17.5 Å². The summed E-state index contributed by atoms with van der Waals surface area (Å²) in [6, 6.07) is 7.91. The van der Waals surface area contributed by atoms with Gasteiger partial charge in [0.25, 0.3) is 0 Å². The van der Waals surface area contributed by atoms with E-state index < -0.39 is 0 Å². The van der Waals surface area contributed by atoms with Gasteiger partial charge in [-0.25, -0.2) is 0 Å². The lowest BCUT2D eigenvalue weighted by atomic mass is 10.2. The lowest BCUT2D eigenvalue weighted by Crippen LogP contribution is -2.52. The van der Waals surface area contributed by atoms with Crippen molar-refractivity contribution in [1.29, 1.82) is 0 Å². The van der Waals surface area contributed by atoms with Crippen molar-refractivity contribution in [3.05, 3.63) is 41.8 Å². The Morgan fingerprint density at radius 1 is 1.21 bits per heavy atom. The van der Waals surface area contributed by atoms with Crippen LogP contribution in [0.1, 0.15) is 18.2 Å². The number of hydrogen-bond donors (Lipinski definition) is 1. The molecule has 1 aromatic heterocycles. The molecule has 2 heterocycles. The molecule has 0 saturated carbocycles. The number of nitrogens with one attached hydrogen (secondary N) is 1. The molecule has 2 aromatic rings. The van der Waals surface area contributed by atoms with Crippen LogP contribution in [0.15, 0.2) is 40.0 Å². The third-order valence-corrected chi connectivity index (χ3v) is 4.74. The number of hydrogen-bond acceptors (Lipinski definition) is 6. The Bertz CT molecular complexity index is 761. The molecule has 9 heteroatoms. The van der Waals surface area contributed by atoms with E-state index in [1.807, 2.05) is 38.2 Å². The number of piperazine rings is 1. The van der Waals surface area contributed by atoms with Gasteiger partial charge in [-0.3, -0.25) is 9.89 Å². The average Bonchev–Trinajstić information content (AvgIpc) is 3.23. The fourth-order valence-corrected chi connectivity index (χ4v) is 3.28. The lowest BCUT2D eigenvalue weighted by Gasteiger charge is -2.36. The van der Waals surface area contributed by atoms with Crippen LogP contribution >= 0.6 is 24.0 Å². The molecule has 1 aliphatic rings. The van der Waals surface area contributed by atoms with E-state index in [2.05, 4.69) is 25.3 Å². The summed E-state index contributed by atoms with van der Waals surface area (Å²) < 4.78 is 15.9. The Morgan fingerprint density at radius 2 is 2.00 bits per heavy atom. The van der Waals surface area contributed by atoms with Crippen LogP contribution in [0.4, 0.5) is 0 Å². The quantitative estimate of drug-likeness (QED) is 0.345. The monoisotopic (exact) mass is 515 g/mol. The largest absolute Gasteiger partial charge is 0.493 e. The van der Waals surface area contributed by atoms with E-state index in [1.165, 1.54) is 0 Å². The minimum atomic E-state index is 0. The van der Waals surface area contributed by atoms with Crippen molar-refractivity contribution in [1.82, 2.24) is 20.3 Å². The van der Waals surface area contributed by atoms with Crippen LogP contribution in [0.25, 0.3) is 0 Å². The Labute approximate surface area is 189 Å². The highest BCUT2D eigenvalue weighted by Crippen LogP contribution is 2.28. The van der Waals surface area contributed by atoms with Crippen molar-refractivity contribution < 1.29 is 14.0 Å². The topological polar surface area (TPSA) is 75.4 Å². The molecular weight excluding hydrogens is 485 g/mol. The van der Waals surface area contributed by atoms with Gasteiger partial charge in [0.05, 0.1) is 19.4 Å². The second kappa shape index (κ2) is 11.9. The zero-order chi connectivity index (χ0) is 19.8. The maximum atomic E-state index is 5.58. The third-order valence-electron chi connectivity index (χ3n) is 4.74. The lowest BCUT2D eigenvalue weighted by molar-refractivity contribution is 0.169. The van der Waals surface area contributed by atoms with Gasteiger partial charge in [-0.15, -0.1) is 24.0 Å². The molecule has 0 spiro atoms. The number of guanidine groups is 1. The van der Waals surface area contributed by atoms with E-state index in [-0.39, 0.29) is 24.0 Å². The summed E-state index contributed by atoms with van der Waals surface area (Å²) in [6.45, 7) is 7.84. The average molecular weight is 515 g/mol. The molecule has 1 aliphatic heterocycles. The molecule has 3 rings (SSSR count). The Balaban J connectivity index is 0.00000300. The molecule has 1 N–H and O–H groups in total. The van der Waals surface area contributed by atoms with Gasteiger partial charge in [0.2, 0.25) is 0 Å². The highest BCUT2D eigenvalue weighted by Gasteiger charge is 2.20. The van der Waals surface area contributed by atoms with E-state index in [0.717, 1.165) is 61.4 Å². The van der Waals surface area contributed by atoms with Gasteiger partial charge in [0, 0.05) is 52.4 Å². The maximum absolute atomic E-state index is 5.58. The highest BCUT2D eigenvalue weighted by atomic mass is 127. The minimum absolute atomic E-state index is 0. The second-order valence-corrected chi connectivity index (χ2v) is 6.57. The molecular formula is C20H30IN5O3. The number of methoxy groups -OCH3 is 1. The molecule has 160 valence electrons. The predicted octanol–water partition coefficient (Wildman–Crippen LogP) is 2.59. The van der Waals surface area contributed by atoms with Crippen LogP contribution in [0, 0.1) is 0 Å². The number of ether oxygens (including phenoxy) is 2. The van der Waals surface area contributed by atoms with E-state index in [1.54, 1.807) is 13.4 Å². The molecule has 0 radical (unpaired) electrons. The fourth-order valence-electron chi connectivity index (χ4n) is 3.28. The first-order chi connectivity index (χ1) is 13.7. The van der Waals surface area contributed by atoms with Crippen molar-refractivity contribution in [3.8, 4) is 11.5 Å². The van der Waals surface area contributed by atoms with Gasteiger partial charge in [-0.05, 0) is 24.6 Å². The number of aromatic nitrogens is 1. The summed E-state index contributed by atoms with van der Waals surface area (Å²) in [5.41, 5.74) is 2.09. The van der Waals surface area contributed by atoms with E-state index in [0.29, 0.717) is 13.2 Å². The van der Waals surface area contributed by atoms with Gasteiger partial charge in [0.1, 0.15) is 6.26 Å². The molecule has 0 atom stereocenters. The number of rotatable bonds is 7. The molecule has 29 heavy (non-hydrogen) atoms. The Kier molecular flexibility index (Phi) is 9.52. The summed E-state index contributed by atoms with van der Waals surface area (Å²) in [5.74, 6) is 2.42. The van der Waals surface area contributed by atoms with Crippen LogP contribution in [-0.4, -0.2) is 67.9 Å². The molecule has 1 saturated heterocycles. The van der Waals surface area contributed by atoms with E-state index >= 15 is 0 Å². The number of benzene rings is 1. The van der Waals surface area contributed by atoms with Crippen molar-refractivity contribution in [2.75, 3.05) is 46.9 Å². The van der Waals surface area contributed by atoms with Crippen molar-refractivity contribution >= 4 is 29.9 Å². The fraction of sp³-hybridized carbons (Fsp3) is 0.500. The predicted molar refractivity (Wildman–Crippen MR) is 123 cm³/mol. The van der Waals surface area contributed by atoms with Gasteiger partial charge in [-0.2, -0.15) is 0 Å². The molecule has 0 bridgehead atoms. The van der Waals surface area contributed by atoms with Crippen LogP contribution < -0.4 is 14.8 Å². The third kappa shape index (κ3) is 6.49. The number of nitrogens with zero attached hydrogens (tertiary/aromatic N) is 4. The first-order valence-electron chi connectivity index (χ1n) is 9.60. The SMILES string of the molecule is CCOc1ccc(CNC(=NC)N2CCN(Cc3ccon3)CC2)cc1OC.I. The van der Waals surface area contributed by atoms with E-state index in [4.69, 9.17) is 14.0 Å². The van der Waals surface area contributed by atoms with Gasteiger partial charge in [-0.1, -0.05) is 11.2 Å². The summed E-state index contributed by atoms with van der Waals surface area (Å²) in [7, 11) is 3.48. The maximum Gasteiger partial charge on any atom is 0.194 e. The molecule has 8 nitrogen and oxygen atoms in total. The molecule has 0 amide bonds. The van der Waals surface area contributed by atoms with Crippen LogP contribution in [0.2, 0.25) is 0 Å². The number of halogens is 1. The summed E-state index contributed by atoms with van der Waals surface area (Å²) in [4.78, 5) is 9.10. The molecule has 0 aliphatic carbocycles. The highest BCUT2D eigenvalue weighted by molar-refractivity contribution is 14.0. The minimum Gasteiger partial charge on any atom is -0.493 e. The smallest absolute Gasteiger partial charge is 0.194 e. The molecule has 0 unspecified atom stereocenters. The molecule has 1 aromatic carbocycles. The zero-order valence-corrected chi connectivity index (χ0v) is 19.6. The number of aliphatic imine (C=N–C) groups is 1. The van der Waals surface area contributed by atoms with Crippen molar-refractivity contribution in [3.63, 3.8) is 0 Å². The Morgan fingerprint density at radius 3 is 2.62 bits per heavy atom.